The lowest BCUT2D eigenvalue weighted by Crippen LogP contribution is -2.51. The minimum atomic E-state index is -2.43. The second-order valence-corrected chi connectivity index (χ2v) is 22.4. The number of hydrogen-bond acceptors (Lipinski definition) is 8. The maximum absolute atomic E-state index is 15.6. The standard InChI is InChI=1S/C52H51N5O6Si/c1-33-49(64(4,5)40-24-21-38(61-2)22-25-40)47(27-28-55-31-44(53-54-55)42(32-58)35-11-7-6-8-12-35)63-52(33)43-29-39(62-3)23-26-45(43)56(51(52)60)30-34-17-19-37(20-18-34)57-46-16-10-14-36-13-9-15-41(48(36)46)50(57)59/h6-26,29,31,33,42,47,49,58H,27-28,30,32H2,1-5H3/t33-,42?,47+,49-,52+/m1/s1. The zero-order valence-corrected chi connectivity index (χ0v) is 37.6. The molecule has 1 fully saturated rings. The fourth-order valence-electron chi connectivity index (χ4n) is 10.8. The van der Waals surface area contributed by atoms with E-state index >= 15 is 4.79 Å². The summed E-state index contributed by atoms with van der Waals surface area (Å²) in [7, 11) is 0.888. The molecule has 0 aliphatic carbocycles. The van der Waals surface area contributed by atoms with Crippen molar-refractivity contribution in [3.8, 4) is 11.5 Å². The van der Waals surface area contributed by atoms with Crippen molar-refractivity contribution in [1.29, 1.82) is 0 Å². The van der Waals surface area contributed by atoms with Crippen molar-refractivity contribution >= 4 is 52.9 Å². The molecule has 0 bridgehead atoms. The Kier molecular flexibility index (Phi) is 10.5. The van der Waals surface area contributed by atoms with Crippen LogP contribution in [-0.2, 0) is 28.2 Å². The van der Waals surface area contributed by atoms with E-state index < -0.39 is 13.7 Å². The van der Waals surface area contributed by atoms with Gasteiger partial charge in [0, 0.05) is 35.3 Å². The summed E-state index contributed by atoms with van der Waals surface area (Å²) in [6.45, 7) is 7.66. The Hall–Kier alpha value is -6.60. The van der Waals surface area contributed by atoms with E-state index in [9.17, 15) is 9.90 Å². The number of aromatic nitrogens is 3. The van der Waals surface area contributed by atoms with Crippen LogP contribution in [0.3, 0.4) is 0 Å². The topological polar surface area (TPSA) is 119 Å². The number of aryl methyl sites for hydroxylation is 1. The highest BCUT2D eigenvalue weighted by Crippen LogP contribution is 2.60. The molecule has 7 aromatic rings. The zero-order valence-electron chi connectivity index (χ0n) is 36.6. The molecule has 2 amide bonds. The van der Waals surface area contributed by atoms with Crippen molar-refractivity contribution < 1.29 is 28.9 Å². The van der Waals surface area contributed by atoms with Gasteiger partial charge in [0.1, 0.15) is 11.5 Å². The average molecular weight is 870 g/mol. The first-order valence-corrected chi connectivity index (χ1v) is 25.0. The number of amides is 2. The molecule has 1 N–H and O–H groups in total. The number of benzene rings is 6. The number of rotatable bonds is 13. The van der Waals surface area contributed by atoms with E-state index in [1.165, 1.54) is 5.19 Å². The number of methoxy groups -OCH3 is 2. The first-order chi connectivity index (χ1) is 31.1. The number of nitrogens with zero attached hydrogens (tertiary/aromatic N) is 5. The molecule has 6 aromatic carbocycles. The van der Waals surface area contributed by atoms with Crippen LogP contribution in [0.4, 0.5) is 17.1 Å². The summed E-state index contributed by atoms with van der Waals surface area (Å²) < 4.78 is 20.6. The van der Waals surface area contributed by atoms with Gasteiger partial charge >= 0.3 is 0 Å². The van der Waals surface area contributed by atoms with Gasteiger partial charge in [-0.15, -0.1) is 5.10 Å². The minimum Gasteiger partial charge on any atom is -0.497 e. The van der Waals surface area contributed by atoms with Gasteiger partial charge in [0.15, 0.2) is 5.60 Å². The molecule has 324 valence electrons. The number of carbonyl (C=O) groups excluding carboxylic acids is 2. The highest BCUT2D eigenvalue weighted by atomic mass is 28.3. The molecule has 5 atom stereocenters. The summed E-state index contributed by atoms with van der Waals surface area (Å²) >= 11 is 0. The van der Waals surface area contributed by atoms with Gasteiger partial charge in [0.25, 0.3) is 11.8 Å². The third-order valence-corrected chi connectivity index (χ3v) is 18.4. The largest absolute Gasteiger partial charge is 0.497 e. The maximum Gasteiger partial charge on any atom is 0.264 e. The van der Waals surface area contributed by atoms with Crippen molar-refractivity contribution in [2.45, 2.75) is 62.7 Å². The molecule has 1 aromatic heterocycles. The molecule has 3 aliphatic rings. The molecule has 0 radical (unpaired) electrons. The molecular formula is C52H51N5O6Si. The number of ether oxygens (including phenoxy) is 3. The number of aliphatic hydroxyl groups is 1. The fourth-order valence-corrected chi connectivity index (χ4v) is 14.9. The summed E-state index contributed by atoms with van der Waals surface area (Å²) in [6.07, 6.45) is 2.18. The van der Waals surface area contributed by atoms with Crippen LogP contribution in [0.5, 0.6) is 11.5 Å². The van der Waals surface area contributed by atoms with E-state index in [0.717, 1.165) is 50.3 Å². The molecule has 10 rings (SSSR count). The van der Waals surface area contributed by atoms with Gasteiger partial charge in [-0.1, -0.05) is 109 Å². The van der Waals surface area contributed by atoms with Crippen molar-refractivity contribution in [2.24, 2.45) is 5.92 Å². The molecular weight excluding hydrogens is 819 g/mol. The molecule has 64 heavy (non-hydrogen) atoms. The Bertz CT molecular complexity index is 2880. The van der Waals surface area contributed by atoms with Crippen LogP contribution in [-0.4, -0.2) is 66.9 Å². The van der Waals surface area contributed by atoms with Crippen molar-refractivity contribution in [2.75, 3.05) is 30.6 Å². The Balaban J connectivity index is 0.982. The Morgan fingerprint density at radius 2 is 1.55 bits per heavy atom. The molecule has 4 heterocycles. The van der Waals surface area contributed by atoms with E-state index in [-0.39, 0.29) is 41.9 Å². The molecule has 12 heteroatoms. The smallest absolute Gasteiger partial charge is 0.264 e. The van der Waals surface area contributed by atoms with Crippen LogP contribution in [0.2, 0.25) is 18.6 Å². The maximum atomic E-state index is 15.6. The van der Waals surface area contributed by atoms with Crippen LogP contribution in [0.25, 0.3) is 10.8 Å². The Morgan fingerprint density at radius 3 is 2.27 bits per heavy atom. The predicted octanol–water partition coefficient (Wildman–Crippen LogP) is 8.72. The van der Waals surface area contributed by atoms with E-state index in [2.05, 4.69) is 42.5 Å². The highest BCUT2D eigenvalue weighted by Gasteiger charge is 2.66. The van der Waals surface area contributed by atoms with Gasteiger partial charge < -0.3 is 24.2 Å². The van der Waals surface area contributed by atoms with Gasteiger partial charge in [-0.2, -0.15) is 0 Å². The normalized spacial score (nSPS) is 20.7. The predicted molar refractivity (Wildman–Crippen MR) is 251 cm³/mol. The second-order valence-electron chi connectivity index (χ2n) is 17.8. The van der Waals surface area contributed by atoms with Crippen LogP contribution in [0, 0.1) is 5.92 Å². The van der Waals surface area contributed by atoms with Gasteiger partial charge in [-0.25, -0.2) is 0 Å². The molecule has 1 unspecified atom stereocenters. The molecule has 1 spiro atoms. The lowest BCUT2D eigenvalue weighted by Gasteiger charge is -2.37. The fraction of sp³-hybridized carbons (Fsp3) is 0.269. The molecule has 1 saturated heterocycles. The summed E-state index contributed by atoms with van der Waals surface area (Å²) in [5.41, 5.74) is 5.23. The van der Waals surface area contributed by atoms with Crippen LogP contribution < -0.4 is 24.5 Å². The molecule has 3 aliphatic heterocycles. The number of aliphatic hydroxyl groups excluding tert-OH is 1. The third kappa shape index (κ3) is 6.62. The Morgan fingerprint density at radius 1 is 0.828 bits per heavy atom. The van der Waals surface area contributed by atoms with Gasteiger partial charge in [0.05, 0.1) is 70.1 Å². The number of hydrogen-bond donors (Lipinski definition) is 1. The molecule has 0 saturated carbocycles. The SMILES string of the molecule is COc1ccc([Si](C)(C)[C@H]2[C@H](CCn3cc(C(CO)c4ccccc4)nn3)O[C@@]3(C(=O)N(Cc4ccc(N5C(=O)c6cccc7cccc5c67)cc4)c4ccc(OC)cc43)[C@@H]2C)cc1. The van der Waals surface area contributed by atoms with E-state index in [1.807, 2.05) is 137 Å². The summed E-state index contributed by atoms with van der Waals surface area (Å²) in [6, 6.07) is 43.9. The van der Waals surface area contributed by atoms with Crippen molar-refractivity contribution in [1.82, 2.24) is 15.0 Å². The van der Waals surface area contributed by atoms with Crippen LogP contribution in [0.1, 0.15) is 52.0 Å². The van der Waals surface area contributed by atoms with Gasteiger partial charge in [-0.3, -0.25) is 19.2 Å². The minimum absolute atomic E-state index is 0.00667. The van der Waals surface area contributed by atoms with Gasteiger partial charge in [-0.05, 0) is 83.1 Å². The summed E-state index contributed by atoms with van der Waals surface area (Å²) in [4.78, 5) is 32.9. The molecule has 11 nitrogen and oxygen atoms in total. The third-order valence-electron chi connectivity index (χ3n) is 14.1. The average Bonchev–Trinajstić information content (AvgIpc) is 4.05. The second kappa shape index (κ2) is 16.2. The first kappa shape index (κ1) is 41.4. The van der Waals surface area contributed by atoms with Gasteiger partial charge in [0.2, 0.25) is 0 Å². The lowest BCUT2D eigenvalue weighted by atomic mass is 9.82. The highest BCUT2D eigenvalue weighted by molar-refractivity contribution is 6.91. The van der Waals surface area contributed by atoms with E-state index in [4.69, 9.17) is 14.2 Å². The Labute approximate surface area is 373 Å². The van der Waals surface area contributed by atoms with Crippen molar-refractivity contribution in [3.05, 3.63) is 168 Å². The van der Waals surface area contributed by atoms with E-state index in [0.29, 0.717) is 36.5 Å². The number of anilines is 3. The van der Waals surface area contributed by atoms with E-state index in [1.54, 1.807) is 19.1 Å². The van der Waals surface area contributed by atoms with Crippen molar-refractivity contribution in [3.63, 3.8) is 0 Å². The quantitative estimate of drug-likeness (QED) is 0.114. The number of fused-ring (bicyclic) bond motifs is 2. The monoisotopic (exact) mass is 869 g/mol. The lowest BCUT2D eigenvalue weighted by molar-refractivity contribution is -0.146. The van der Waals surface area contributed by atoms with Crippen LogP contribution in [0.15, 0.2) is 140 Å². The van der Waals surface area contributed by atoms with Crippen LogP contribution >= 0.6 is 0 Å². The number of carbonyl (C=O) groups is 2. The summed E-state index contributed by atoms with van der Waals surface area (Å²) in [5.74, 6) is 0.768. The first-order valence-electron chi connectivity index (χ1n) is 21.9. The zero-order chi connectivity index (χ0) is 44.3. The summed E-state index contributed by atoms with van der Waals surface area (Å²) in [5, 5.41) is 22.6.